The number of carbonyl (C=O) groups excluding carboxylic acids is 1. The summed E-state index contributed by atoms with van der Waals surface area (Å²) < 4.78 is 40.1. The number of hydrogen-bond acceptors (Lipinski definition) is 3. The second-order valence-corrected chi connectivity index (χ2v) is 5.96. The Morgan fingerprint density at radius 1 is 1.08 bits per heavy atom. The van der Waals surface area contributed by atoms with Crippen LogP contribution in [0.2, 0.25) is 0 Å². The molecule has 2 aromatic rings. The minimum Gasteiger partial charge on any atom is -0.375 e. The van der Waals surface area contributed by atoms with E-state index < -0.39 is 24.2 Å². The number of nitrogens with one attached hydrogen (secondary N) is 1. The second kappa shape index (κ2) is 7.27. The molecule has 128 valence electrons. The third kappa shape index (κ3) is 3.73. The molecule has 1 amide bonds. The van der Waals surface area contributed by atoms with Crippen LogP contribution in [-0.2, 0) is 5.60 Å². The molecule has 0 saturated heterocycles. The summed E-state index contributed by atoms with van der Waals surface area (Å²) in [5, 5.41) is 12.4. The average molecular weight is 355 g/mol. The molecule has 2 aromatic carbocycles. The normalized spacial score (nSPS) is 14.0. The van der Waals surface area contributed by atoms with Gasteiger partial charge in [-0.15, -0.1) is 11.8 Å². The highest BCUT2D eigenvalue weighted by atomic mass is 32.2. The molecule has 2 N–H and O–H groups in total. The van der Waals surface area contributed by atoms with Gasteiger partial charge in [0.25, 0.3) is 5.91 Å². The minimum absolute atomic E-state index is 0.266. The molecule has 2 rings (SSSR count). The minimum atomic E-state index is -4.93. The molecule has 0 spiro atoms. The van der Waals surface area contributed by atoms with Gasteiger partial charge in [0.1, 0.15) is 0 Å². The van der Waals surface area contributed by atoms with E-state index in [2.05, 4.69) is 5.32 Å². The molecule has 0 aliphatic carbocycles. The van der Waals surface area contributed by atoms with Gasteiger partial charge in [-0.1, -0.05) is 42.5 Å². The number of carbonyl (C=O) groups is 1. The summed E-state index contributed by atoms with van der Waals surface area (Å²) in [6.45, 7) is -0.970. The van der Waals surface area contributed by atoms with Gasteiger partial charge in [0, 0.05) is 4.90 Å². The van der Waals surface area contributed by atoms with Gasteiger partial charge in [0.05, 0.1) is 12.1 Å². The zero-order chi connectivity index (χ0) is 17.8. The number of amides is 1. The molecule has 3 nitrogen and oxygen atoms in total. The molecule has 7 heteroatoms. The van der Waals surface area contributed by atoms with Crippen LogP contribution in [-0.4, -0.2) is 30.0 Å². The molecule has 24 heavy (non-hydrogen) atoms. The monoisotopic (exact) mass is 355 g/mol. The Morgan fingerprint density at radius 2 is 1.67 bits per heavy atom. The molecule has 0 aliphatic heterocycles. The summed E-state index contributed by atoms with van der Waals surface area (Å²) in [4.78, 5) is 12.9. The Hall–Kier alpha value is -1.99. The van der Waals surface area contributed by atoms with Gasteiger partial charge in [0.2, 0.25) is 5.60 Å². The van der Waals surface area contributed by atoms with Gasteiger partial charge in [-0.3, -0.25) is 4.79 Å². The largest absolute Gasteiger partial charge is 0.423 e. The van der Waals surface area contributed by atoms with Crippen molar-refractivity contribution in [3.05, 3.63) is 65.7 Å². The van der Waals surface area contributed by atoms with Crippen molar-refractivity contribution in [2.24, 2.45) is 0 Å². The Labute approximate surface area is 141 Å². The molecule has 0 saturated carbocycles. The van der Waals surface area contributed by atoms with E-state index in [0.29, 0.717) is 4.90 Å². The first-order chi connectivity index (χ1) is 11.3. The number of thioether (sulfide) groups is 1. The van der Waals surface area contributed by atoms with Crippen LogP contribution in [0, 0.1) is 0 Å². The van der Waals surface area contributed by atoms with Gasteiger partial charge in [-0.2, -0.15) is 13.2 Å². The second-order valence-electron chi connectivity index (χ2n) is 5.11. The van der Waals surface area contributed by atoms with Crippen LogP contribution >= 0.6 is 11.8 Å². The third-order valence-electron chi connectivity index (χ3n) is 3.58. The Balaban J connectivity index is 2.25. The van der Waals surface area contributed by atoms with Crippen LogP contribution in [0.25, 0.3) is 0 Å². The lowest BCUT2D eigenvalue weighted by Crippen LogP contribution is -2.51. The Bertz CT molecular complexity index is 706. The number of alkyl halides is 3. The van der Waals surface area contributed by atoms with Crippen molar-refractivity contribution < 1.29 is 23.1 Å². The highest BCUT2D eigenvalue weighted by molar-refractivity contribution is 7.98. The fraction of sp³-hybridized carbons (Fsp3) is 0.235. The molecule has 0 fully saturated rings. The van der Waals surface area contributed by atoms with Crippen molar-refractivity contribution in [1.82, 2.24) is 5.32 Å². The van der Waals surface area contributed by atoms with Crippen LogP contribution < -0.4 is 5.32 Å². The molecule has 0 aliphatic rings. The summed E-state index contributed by atoms with van der Waals surface area (Å²) >= 11 is 1.31. The maximum atomic E-state index is 13.4. The van der Waals surface area contributed by atoms with Crippen LogP contribution in [0.3, 0.4) is 0 Å². The van der Waals surface area contributed by atoms with Gasteiger partial charge in [0.15, 0.2) is 0 Å². The summed E-state index contributed by atoms with van der Waals surface area (Å²) in [7, 11) is 0. The number of aliphatic hydroxyl groups is 1. The molecule has 1 atom stereocenters. The zero-order valence-electron chi connectivity index (χ0n) is 12.8. The van der Waals surface area contributed by atoms with Crippen LogP contribution in [0.15, 0.2) is 59.5 Å². The number of rotatable bonds is 5. The standard InChI is InChI=1S/C17H16F3NO2S/c1-24-14-10-6-5-9-13(14)15(22)21-11-16(23,17(18,19)20)12-7-3-2-4-8-12/h2-10,23H,11H2,1H3,(H,21,22)/t16-/m0/s1. The van der Waals surface area contributed by atoms with Gasteiger partial charge < -0.3 is 10.4 Å². The first-order valence-corrected chi connectivity index (χ1v) is 8.28. The first kappa shape index (κ1) is 18.4. The highest BCUT2D eigenvalue weighted by Crippen LogP contribution is 2.38. The van der Waals surface area contributed by atoms with Crippen LogP contribution in [0.5, 0.6) is 0 Å². The lowest BCUT2D eigenvalue weighted by molar-refractivity contribution is -0.263. The molecule has 0 unspecified atom stereocenters. The summed E-state index contributed by atoms with van der Waals surface area (Å²) in [6, 6.07) is 13.3. The topological polar surface area (TPSA) is 49.3 Å². The smallest absolute Gasteiger partial charge is 0.375 e. The Morgan fingerprint density at radius 3 is 2.25 bits per heavy atom. The van der Waals surface area contributed by atoms with Crippen molar-refractivity contribution in [3.63, 3.8) is 0 Å². The highest BCUT2D eigenvalue weighted by Gasteiger charge is 2.55. The lowest BCUT2D eigenvalue weighted by atomic mass is 9.93. The lowest BCUT2D eigenvalue weighted by Gasteiger charge is -2.31. The van der Waals surface area contributed by atoms with E-state index in [-0.39, 0.29) is 11.1 Å². The first-order valence-electron chi connectivity index (χ1n) is 7.05. The molecule has 0 radical (unpaired) electrons. The molecular formula is C17H16F3NO2S. The fourth-order valence-corrected chi connectivity index (χ4v) is 2.81. The number of benzene rings is 2. The van der Waals surface area contributed by atoms with Crippen molar-refractivity contribution in [2.75, 3.05) is 12.8 Å². The quantitative estimate of drug-likeness (QED) is 0.806. The molecular weight excluding hydrogens is 339 g/mol. The van der Waals surface area contributed by atoms with Crippen molar-refractivity contribution in [1.29, 1.82) is 0 Å². The maximum Gasteiger partial charge on any atom is 0.423 e. The van der Waals surface area contributed by atoms with E-state index in [9.17, 15) is 23.1 Å². The predicted molar refractivity (Wildman–Crippen MR) is 87.0 cm³/mol. The summed E-state index contributed by atoms with van der Waals surface area (Å²) in [5.74, 6) is -0.668. The SMILES string of the molecule is CSc1ccccc1C(=O)NC[C@](O)(c1ccccc1)C(F)(F)F. The summed E-state index contributed by atoms with van der Waals surface area (Å²) in [6.07, 6.45) is -3.16. The van der Waals surface area contributed by atoms with E-state index in [1.54, 1.807) is 30.5 Å². The Kier molecular flexibility index (Phi) is 5.56. The third-order valence-corrected chi connectivity index (χ3v) is 4.37. The van der Waals surface area contributed by atoms with Crippen LogP contribution in [0.1, 0.15) is 15.9 Å². The van der Waals surface area contributed by atoms with Crippen molar-refractivity contribution >= 4 is 17.7 Å². The molecule has 0 heterocycles. The van der Waals surface area contributed by atoms with E-state index in [0.717, 1.165) is 0 Å². The fourth-order valence-electron chi connectivity index (χ4n) is 2.22. The van der Waals surface area contributed by atoms with Gasteiger partial charge in [-0.05, 0) is 24.0 Å². The van der Waals surface area contributed by atoms with Crippen LogP contribution in [0.4, 0.5) is 13.2 Å². The molecule has 0 aromatic heterocycles. The van der Waals surface area contributed by atoms with Gasteiger partial charge >= 0.3 is 6.18 Å². The predicted octanol–water partition coefficient (Wildman–Crippen LogP) is 3.59. The van der Waals surface area contributed by atoms with Crippen molar-refractivity contribution in [3.8, 4) is 0 Å². The average Bonchev–Trinajstić information content (AvgIpc) is 2.59. The van der Waals surface area contributed by atoms with E-state index in [1.807, 2.05) is 0 Å². The van der Waals surface area contributed by atoms with Gasteiger partial charge in [-0.25, -0.2) is 0 Å². The zero-order valence-corrected chi connectivity index (χ0v) is 13.6. The number of halogens is 3. The van der Waals surface area contributed by atoms with E-state index in [1.165, 1.54) is 42.1 Å². The van der Waals surface area contributed by atoms with E-state index in [4.69, 9.17) is 0 Å². The maximum absolute atomic E-state index is 13.4. The number of hydrogen-bond donors (Lipinski definition) is 2. The summed E-state index contributed by atoms with van der Waals surface area (Å²) in [5.41, 5.74) is -3.21. The van der Waals surface area contributed by atoms with Crippen molar-refractivity contribution in [2.45, 2.75) is 16.7 Å². The molecule has 0 bridgehead atoms. The van der Waals surface area contributed by atoms with E-state index >= 15 is 0 Å².